The van der Waals surface area contributed by atoms with E-state index in [0.29, 0.717) is 18.0 Å². The number of nitrogens with zero attached hydrogens (tertiary/aromatic N) is 2. The highest BCUT2D eigenvalue weighted by atomic mass is 79.9. The molecular weight excluding hydrogens is 494 g/mol. The van der Waals surface area contributed by atoms with Gasteiger partial charge in [0.1, 0.15) is 12.3 Å². The molecule has 0 fully saturated rings. The number of carbonyl (C=O) groups is 1. The standard InChI is InChI=1S/C23H22BrN3O4S/c1-2-31-20-12-14-21(15-13-20)32(29,30)27(19-9-4-3-5-10-19)17-23(28)26-25-16-18-8-6-7-11-22(18)24/h3-16H,2,17H2,1H3,(H,26,28)/b25-16+. The van der Waals surface area contributed by atoms with Gasteiger partial charge in [-0.05, 0) is 49.4 Å². The van der Waals surface area contributed by atoms with Crippen molar-refractivity contribution in [2.24, 2.45) is 5.10 Å². The predicted octanol–water partition coefficient (Wildman–Crippen LogP) is 4.19. The summed E-state index contributed by atoms with van der Waals surface area (Å²) < 4.78 is 33.9. The molecule has 32 heavy (non-hydrogen) atoms. The molecular formula is C23H22BrN3O4S. The fraction of sp³-hybridized carbons (Fsp3) is 0.130. The Bertz CT molecular complexity index is 1180. The number of sulfonamides is 1. The number of carbonyl (C=O) groups excluding carboxylic acids is 1. The molecule has 0 aliphatic rings. The average molecular weight is 516 g/mol. The van der Waals surface area contributed by atoms with Gasteiger partial charge >= 0.3 is 0 Å². The van der Waals surface area contributed by atoms with E-state index < -0.39 is 22.5 Å². The Kier molecular flexibility index (Phi) is 8.02. The van der Waals surface area contributed by atoms with Crippen LogP contribution in [0.3, 0.4) is 0 Å². The van der Waals surface area contributed by atoms with E-state index in [1.165, 1.54) is 18.3 Å². The van der Waals surface area contributed by atoms with Gasteiger partial charge in [-0.25, -0.2) is 13.8 Å². The van der Waals surface area contributed by atoms with Crippen molar-refractivity contribution in [1.82, 2.24) is 5.43 Å². The van der Waals surface area contributed by atoms with E-state index in [1.54, 1.807) is 42.5 Å². The predicted molar refractivity (Wildman–Crippen MR) is 128 cm³/mol. The van der Waals surface area contributed by atoms with E-state index in [1.807, 2.05) is 31.2 Å². The number of hydrogen-bond donors (Lipinski definition) is 1. The van der Waals surface area contributed by atoms with Crippen LogP contribution >= 0.6 is 15.9 Å². The van der Waals surface area contributed by atoms with Gasteiger partial charge in [-0.15, -0.1) is 0 Å². The molecule has 0 bridgehead atoms. The summed E-state index contributed by atoms with van der Waals surface area (Å²) >= 11 is 3.40. The second-order valence-corrected chi connectivity index (χ2v) is 9.28. The molecule has 7 nitrogen and oxygen atoms in total. The fourth-order valence-electron chi connectivity index (χ4n) is 2.83. The summed E-state index contributed by atoms with van der Waals surface area (Å²) in [4.78, 5) is 12.6. The Morgan fingerprint density at radius 1 is 1.03 bits per heavy atom. The molecule has 0 aliphatic carbocycles. The van der Waals surface area contributed by atoms with E-state index >= 15 is 0 Å². The first-order valence-electron chi connectivity index (χ1n) is 9.79. The highest BCUT2D eigenvalue weighted by molar-refractivity contribution is 9.10. The van der Waals surface area contributed by atoms with Crippen LogP contribution in [0.2, 0.25) is 0 Å². The minimum absolute atomic E-state index is 0.0503. The maximum absolute atomic E-state index is 13.3. The normalized spacial score (nSPS) is 11.3. The minimum Gasteiger partial charge on any atom is -0.494 e. The largest absolute Gasteiger partial charge is 0.494 e. The van der Waals surface area contributed by atoms with Crippen molar-refractivity contribution in [3.05, 3.63) is 88.9 Å². The molecule has 9 heteroatoms. The average Bonchev–Trinajstić information content (AvgIpc) is 2.80. The Labute approximate surface area is 195 Å². The van der Waals surface area contributed by atoms with Crippen LogP contribution in [0.1, 0.15) is 12.5 Å². The number of benzene rings is 3. The second kappa shape index (κ2) is 10.9. The van der Waals surface area contributed by atoms with E-state index in [4.69, 9.17) is 4.74 Å². The molecule has 3 rings (SSSR count). The molecule has 0 atom stereocenters. The highest BCUT2D eigenvalue weighted by Crippen LogP contribution is 2.25. The number of para-hydroxylation sites is 1. The van der Waals surface area contributed by atoms with Crippen LogP contribution in [-0.4, -0.2) is 33.7 Å². The number of halogens is 1. The van der Waals surface area contributed by atoms with Gasteiger partial charge in [-0.3, -0.25) is 9.10 Å². The molecule has 3 aromatic rings. The monoisotopic (exact) mass is 515 g/mol. The van der Waals surface area contributed by atoms with Crippen molar-refractivity contribution < 1.29 is 17.9 Å². The Hall–Kier alpha value is -3.17. The maximum Gasteiger partial charge on any atom is 0.264 e. The van der Waals surface area contributed by atoms with E-state index in [2.05, 4.69) is 26.5 Å². The molecule has 1 N–H and O–H groups in total. The van der Waals surface area contributed by atoms with Crippen LogP contribution in [0.5, 0.6) is 5.75 Å². The Morgan fingerprint density at radius 3 is 2.34 bits per heavy atom. The number of ether oxygens (including phenoxy) is 1. The van der Waals surface area contributed by atoms with Crippen LogP contribution < -0.4 is 14.5 Å². The third kappa shape index (κ3) is 5.95. The fourth-order valence-corrected chi connectivity index (χ4v) is 4.64. The molecule has 166 valence electrons. The van der Waals surface area contributed by atoms with Crippen LogP contribution in [-0.2, 0) is 14.8 Å². The molecule has 0 aromatic heterocycles. The van der Waals surface area contributed by atoms with Crippen molar-refractivity contribution in [1.29, 1.82) is 0 Å². The van der Waals surface area contributed by atoms with Crippen LogP contribution in [0.4, 0.5) is 5.69 Å². The zero-order valence-electron chi connectivity index (χ0n) is 17.3. The topological polar surface area (TPSA) is 88.1 Å². The van der Waals surface area contributed by atoms with Crippen molar-refractivity contribution in [3.63, 3.8) is 0 Å². The third-order valence-corrected chi connectivity index (χ3v) is 6.86. The van der Waals surface area contributed by atoms with Gasteiger partial charge in [-0.1, -0.05) is 52.3 Å². The Morgan fingerprint density at radius 2 is 1.69 bits per heavy atom. The minimum atomic E-state index is -4.01. The lowest BCUT2D eigenvalue weighted by Crippen LogP contribution is -2.39. The molecule has 0 aliphatic heterocycles. The molecule has 0 heterocycles. The molecule has 0 saturated heterocycles. The summed E-state index contributed by atoms with van der Waals surface area (Å²) in [6, 6.07) is 21.9. The quantitative estimate of drug-likeness (QED) is 0.341. The van der Waals surface area contributed by atoms with Crippen molar-refractivity contribution in [2.45, 2.75) is 11.8 Å². The smallest absolute Gasteiger partial charge is 0.264 e. The maximum atomic E-state index is 13.3. The summed E-state index contributed by atoms with van der Waals surface area (Å²) in [6.07, 6.45) is 1.48. The first-order valence-corrected chi connectivity index (χ1v) is 12.0. The van der Waals surface area contributed by atoms with Crippen molar-refractivity contribution >= 4 is 43.8 Å². The van der Waals surface area contributed by atoms with Gasteiger partial charge in [0.25, 0.3) is 15.9 Å². The lowest BCUT2D eigenvalue weighted by molar-refractivity contribution is -0.119. The number of rotatable bonds is 9. The van der Waals surface area contributed by atoms with Gasteiger partial charge in [-0.2, -0.15) is 5.10 Å². The van der Waals surface area contributed by atoms with E-state index in [9.17, 15) is 13.2 Å². The molecule has 0 spiro atoms. The number of hydrazone groups is 1. The number of hydrogen-bond acceptors (Lipinski definition) is 5. The van der Waals surface area contributed by atoms with Crippen LogP contribution in [0.15, 0.2) is 93.3 Å². The third-order valence-electron chi connectivity index (χ3n) is 4.35. The molecule has 0 radical (unpaired) electrons. The second-order valence-electron chi connectivity index (χ2n) is 6.57. The highest BCUT2D eigenvalue weighted by Gasteiger charge is 2.27. The molecule has 3 aromatic carbocycles. The first kappa shape index (κ1) is 23.5. The summed E-state index contributed by atoms with van der Waals surface area (Å²) in [5, 5.41) is 3.94. The van der Waals surface area contributed by atoms with Gasteiger partial charge in [0.15, 0.2) is 0 Å². The van der Waals surface area contributed by atoms with Gasteiger partial charge in [0, 0.05) is 10.0 Å². The summed E-state index contributed by atoms with van der Waals surface area (Å²) in [7, 11) is -4.01. The number of amides is 1. The zero-order valence-corrected chi connectivity index (χ0v) is 19.7. The zero-order chi connectivity index (χ0) is 23.0. The number of anilines is 1. The lowest BCUT2D eigenvalue weighted by Gasteiger charge is -2.23. The van der Waals surface area contributed by atoms with Crippen LogP contribution in [0, 0.1) is 0 Å². The lowest BCUT2D eigenvalue weighted by atomic mass is 10.2. The molecule has 0 saturated carbocycles. The SMILES string of the molecule is CCOc1ccc(S(=O)(=O)N(CC(=O)N/N=C/c2ccccc2Br)c2ccccc2)cc1. The molecule has 0 unspecified atom stereocenters. The van der Waals surface area contributed by atoms with Gasteiger partial charge in [0.05, 0.1) is 23.4 Å². The van der Waals surface area contributed by atoms with Gasteiger partial charge in [0.2, 0.25) is 0 Å². The Balaban J connectivity index is 1.81. The first-order chi connectivity index (χ1) is 15.4. The summed E-state index contributed by atoms with van der Waals surface area (Å²) in [5.41, 5.74) is 3.53. The van der Waals surface area contributed by atoms with Crippen LogP contribution in [0.25, 0.3) is 0 Å². The van der Waals surface area contributed by atoms with E-state index in [-0.39, 0.29) is 4.90 Å². The van der Waals surface area contributed by atoms with Crippen molar-refractivity contribution in [2.75, 3.05) is 17.5 Å². The van der Waals surface area contributed by atoms with E-state index in [0.717, 1.165) is 14.3 Å². The van der Waals surface area contributed by atoms with Gasteiger partial charge < -0.3 is 4.74 Å². The summed E-state index contributed by atoms with van der Waals surface area (Å²) in [6.45, 7) is 1.88. The number of nitrogens with one attached hydrogen (secondary N) is 1. The molecule has 1 amide bonds. The summed E-state index contributed by atoms with van der Waals surface area (Å²) in [5.74, 6) is -0.0106. The van der Waals surface area contributed by atoms with Crippen molar-refractivity contribution in [3.8, 4) is 5.75 Å².